The van der Waals surface area contributed by atoms with Crippen molar-refractivity contribution in [2.24, 2.45) is 5.10 Å². The van der Waals surface area contributed by atoms with Crippen LogP contribution in [-0.2, 0) is 13.0 Å². The minimum Gasteiger partial charge on any atom is -0.493 e. The van der Waals surface area contributed by atoms with Gasteiger partial charge in [-0.15, -0.1) is 0 Å². The van der Waals surface area contributed by atoms with E-state index >= 15 is 0 Å². The molecule has 6 nitrogen and oxygen atoms in total. The molecule has 0 aliphatic heterocycles. The molecule has 0 unspecified atom stereocenters. The van der Waals surface area contributed by atoms with Crippen LogP contribution in [0.3, 0.4) is 0 Å². The fourth-order valence-electron chi connectivity index (χ4n) is 3.62. The lowest BCUT2D eigenvalue weighted by Crippen LogP contribution is -2.22. The van der Waals surface area contributed by atoms with Gasteiger partial charge < -0.3 is 9.47 Å². The molecular weight excluding hydrogens is 593 g/mol. The summed E-state index contributed by atoms with van der Waals surface area (Å²) in [5.74, 6) is 1.17. The van der Waals surface area contributed by atoms with Crippen molar-refractivity contribution in [1.29, 1.82) is 0 Å². The van der Waals surface area contributed by atoms with Gasteiger partial charge >= 0.3 is 0 Å². The van der Waals surface area contributed by atoms with Crippen LogP contribution in [0.5, 0.6) is 11.5 Å². The van der Waals surface area contributed by atoms with Gasteiger partial charge in [0.05, 0.1) is 24.2 Å². The van der Waals surface area contributed by atoms with Crippen LogP contribution in [0.2, 0.25) is 0 Å². The van der Waals surface area contributed by atoms with Gasteiger partial charge in [-0.3, -0.25) is 4.79 Å². The van der Waals surface area contributed by atoms with E-state index in [1.165, 1.54) is 17.9 Å². The van der Waals surface area contributed by atoms with Crippen LogP contribution in [0, 0.1) is 5.82 Å². The Morgan fingerprint density at radius 1 is 1.11 bits per heavy atom. The van der Waals surface area contributed by atoms with E-state index in [1.54, 1.807) is 42.6 Å². The van der Waals surface area contributed by atoms with Crippen molar-refractivity contribution in [3.8, 4) is 11.5 Å². The maximum Gasteiger partial charge on any atom is 0.282 e. The van der Waals surface area contributed by atoms with Crippen molar-refractivity contribution in [2.75, 3.05) is 7.11 Å². The van der Waals surface area contributed by atoms with Crippen LogP contribution in [-0.4, -0.2) is 23.0 Å². The quantitative estimate of drug-likeness (QED) is 0.192. The minimum absolute atomic E-state index is 0.0530. The Hall–Kier alpha value is -3.04. The van der Waals surface area contributed by atoms with E-state index in [2.05, 4.69) is 43.9 Å². The lowest BCUT2D eigenvalue weighted by atomic mass is 10.2. The topological polar surface area (TPSA) is 65.7 Å². The lowest BCUT2D eigenvalue weighted by Gasteiger charge is -2.13. The zero-order valence-electron chi connectivity index (χ0n) is 19.8. The van der Waals surface area contributed by atoms with Crippen molar-refractivity contribution < 1.29 is 13.9 Å². The molecule has 1 heterocycles. The predicted octanol–water partition coefficient (Wildman–Crippen LogP) is 6.87. The van der Waals surface area contributed by atoms with Crippen molar-refractivity contribution in [1.82, 2.24) is 9.66 Å². The molecule has 4 rings (SSSR count). The summed E-state index contributed by atoms with van der Waals surface area (Å²) in [4.78, 5) is 18.0. The number of benzene rings is 3. The smallest absolute Gasteiger partial charge is 0.282 e. The number of nitrogens with zero attached hydrogens (tertiary/aromatic N) is 3. The summed E-state index contributed by atoms with van der Waals surface area (Å²) in [7, 11) is 1.53. The number of aryl methyl sites for hydroxylation is 1. The molecular formula is C27H24Br2FN3O3. The lowest BCUT2D eigenvalue weighted by molar-refractivity contribution is 0.279. The third-order valence-corrected chi connectivity index (χ3v) is 6.75. The van der Waals surface area contributed by atoms with Crippen LogP contribution >= 0.6 is 31.9 Å². The molecule has 0 bridgehead atoms. The molecule has 0 atom stereocenters. The molecule has 0 saturated heterocycles. The predicted molar refractivity (Wildman–Crippen MR) is 147 cm³/mol. The highest BCUT2D eigenvalue weighted by Crippen LogP contribution is 2.33. The van der Waals surface area contributed by atoms with Gasteiger partial charge in [0.1, 0.15) is 18.2 Å². The fraction of sp³-hybridized carbons (Fsp3) is 0.222. The molecule has 1 aromatic heterocycles. The van der Waals surface area contributed by atoms with Crippen LogP contribution in [0.4, 0.5) is 4.39 Å². The second-order valence-corrected chi connectivity index (χ2v) is 9.83. The molecule has 9 heteroatoms. The van der Waals surface area contributed by atoms with E-state index in [9.17, 15) is 9.18 Å². The molecule has 0 spiro atoms. The second-order valence-electron chi connectivity index (χ2n) is 8.06. The zero-order valence-corrected chi connectivity index (χ0v) is 23.0. The Bertz CT molecular complexity index is 1490. The summed E-state index contributed by atoms with van der Waals surface area (Å²) in [5.41, 5.74) is 1.51. The highest BCUT2D eigenvalue weighted by atomic mass is 79.9. The standard InChI is InChI=1S/C27H24Br2FN3O3/c1-3-4-9-26-32-23-11-10-19(28)13-20(23)27(34)33(26)31-15-18-12-24(35-2)25(14-21(18)29)36-16-17-7-5-6-8-22(17)30/h5-8,10-15H,3-4,9,16H2,1-2H3. The summed E-state index contributed by atoms with van der Waals surface area (Å²) in [6.07, 6.45) is 4.06. The van der Waals surface area contributed by atoms with Gasteiger partial charge in [-0.2, -0.15) is 9.78 Å². The zero-order chi connectivity index (χ0) is 25.7. The molecule has 0 radical (unpaired) electrons. The number of aromatic nitrogens is 2. The molecule has 0 aliphatic rings. The average molecular weight is 617 g/mol. The fourth-order valence-corrected chi connectivity index (χ4v) is 4.41. The number of halogens is 3. The summed E-state index contributed by atoms with van der Waals surface area (Å²) in [6, 6.07) is 15.4. The van der Waals surface area contributed by atoms with Crippen molar-refractivity contribution in [3.05, 3.63) is 96.7 Å². The van der Waals surface area contributed by atoms with Crippen LogP contribution in [0.1, 0.15) is 36.7 Å². The third kappa shape index (κ3) is 5.84. The summed E-state index contributed by atoms with van der Waals surface area (Å²) < 4.78 is 28.1. The van der Waals surface area contributed by atoms with E-state index in [-0.39, 0.29) is 18.0 Å². The normalized spacial score (nSPS) is 11.4. The number of methoxy groups -OCH3 is 1. The molecule has 36 heavy (non-hydrogen) atoms. The highest BCUT2D eigenvalue weighted by molar-refractivity contribution is 9.10. The summed E-state index contributed by atoms with van der Waals surface area (Å²) in [6.45, 7) is 2.14. The number of hydrogen-bond donors (Lipinski definition) is 0. The maximum atomic E-state index is 14.0. The van der Waals surface area contributed by atoms with Gasteiger partial charge in [0.2, 0.25) is 0 Å². The van der Waals surface area contributed by atoms with Gasteiger partial charge in [0.15, 0.2) is 11.5 Å². The summed E-state index contributed by atoms with van der Waals surface area (Å²) >= 11 is 6.97. The molecule has 186 valence electrons. The third-order valence-electron chi connectivity index (χ3n) is 5.57. The highest BCUT2D eigenvalue weighted by Gasteiger charge is 2.13. The first-order valence-electron chi connectivity index (χ1n) is 11.4. The van der Waals surface area contributed by atoms with Crippen LogP contribution < -0.4 is 15.0 Å². The van der Waals surface area contributed by atoms with E-state index in [0.717, 1.165) is 17.3 Å². The van der Waals surface area contributed by atoms with E-state index in [4.69, 9.17) is 14.5 Å². The van der Waals surface area contributed by atoms with Crippen molar-refractivity contribution in [3.63, 3.8) is 0 Å². The largest absolute Gasteiger partial charge is 0.493 e. The maximum absolute atomic E-state index is 14.0. The number of rotatable bonds is 9. The van der Waals surface area contributed by atoms with E-state index in [1.807, 2.05) is 12.1 Å². The van der Waals surface area contributed by atoms with E-state index < -0.39 is 0 Å². The first-order valence-corrected chi connectivity index (χ1v) is 13.0. The molecule has 0 fully saturated rings. The second kappa shape index (κ2) is 11.8. The first-order chi connectivity index (χ1) is 17.4. The summed E-state index contributed by atoms with van der Waals surface area (Å²) in [5, 5.41) is 4.99. The van der Waals surface area contributed by atoms with Crippen LogP contribution in [0.25, 0.3) is 10.9 Å². The van der Waals surface area contributed by atoms with Gasteiger partial charge in [-0.05, 0) is 58.7 Å². The molecule has 0 N–H and O–H groups in total. The van der Waals surface area contributed by atoms with Gasteiger partial charge in [0.25, 0.3) is 5.56 Å². The Morgan fingerprint density at radius 2 is 1.92 bits per heavy atom. The van der Waals surface area contributed by atoms with E-state index in [0.29, 0.717) is 50.2 Å². The molecule has 0 aliphatic carbocycles. The number of unbranched alkanes of at least 4 members (excludes halogenated alkanes) is 1. The van der Waals surface area contributed by atoms with Crippen LogP contribution in [0.15, 0.2) is 73.4 Å². The molecule has 4 aromatic rings. The Kier molecular flexibility index (Phi) is 8.53. The minimum atomic E-state index is -0.334. The Labute approximate surface area is 225 Å². The molecule has 3 aromatic carbocycles. The van der Waals surface area contributed by atoms with Crippen molar-refractivity contribution >= 4 is 49.0 Å². The molecule has 0 amide bonds. The van der Waals surface area contributed by atoms with Gasteiger partial charge in [-0.25, -0.2) is 9.37 Å². The first kappa shape index (κ1) is 26.0. The number of fused-ring (bicyclic) bond motifs is 1. The number of ether oxygens (including phenoxy) is 2. The monoisotopic (exact) mass is 615 g/mol. The average Bonchev–Trinajstić information content (AvgIpc) is 2.87. The number of hydrogen-bond acceptors (Lipinski definition) is 5. The Morgan fingerprint density at radius 3 is 2.67 bits per heavy atom. The van der Waals surface area contributed by atoms with Crippen molar-refractivity contribution in [2.45, 2.75) is 32.8 Å². The molecule has 0 saturated carbocycles. The Balaban J connectivity index is 1.68. The van der Waals surface area contributed by atoms with Gasteiger partial charge in [-0.1, -0.05) is 47.5 Å². The SMILES string of the molecule is CCCCc1nc2ccc(Br)cc2c(=O)n1N=Cc1cc(OC)c(OCc2ccccc2F)cc1Br. The van der Waals surface area contributed by atoms with Gasteiger partial charge in [0, 0.05) is 26.5 Å².